The van der Waals surface area contributed by atoms with Crippen LogP contribution in [0.2, 0.25) is 0 Å². The average molecular weight is 1020 g/mol. The van der Waals surface area contributed by atoms with Gasteiger partial charge in [0.15, 0.2) is 23.0 Å². The number of benzene rings is 4. The van der Waals surface area contributed by atoms with E-state index in [9.17, 15) is 53.5 Å². The highest BCUT2D eigenvalue weighted by atomic mass is 19.4. The summed E-state index contributed by atoms with van der Waals surface area (Å²) in [5.74, 6) is -3.58. The van der Waals surface area contributed by atoms with Crippen LogP contribution < -0.4 is 24.3 Å². The SMILES string of the molecule is COc1cc(C(=O)N2CC[C@]3(c4cc(F)cc(F)c4)OCO[C@@H]3C2)ccc1OCCOC(F)(F)F.COc1cc(C(=O)O)ccc1OCCOC(F)(F)F.Fc1cc(F)cc([C@]23CCNC[C@H]2OCO3)c1. The van der Waals surface area contributed by atoms with Crippen LogP contribution in [0.5, 0.6) is 23.0 Å². The molecule has 0 unspecified atom stereocenters. The van der Waals surface area contributed by atoms with E-state index in [0.29, 0.717) is 24.1 Å². The Labute approximate surface area is 398 Å². The zero-order chi connectivity index (χ0) is 51.6. The molecule has 1 amide bonds. The van der Waals surface area contributed by atoms with Crippen molar-refractivity contribution in [3.8, 4) is 23.0 Å². The number of rotatable bonds is 14. The molecule has 25 heteroatoms. The van der Waals surface area contributed by atoms with Gasteiger partial charge in [-0.15, -0.1) is 26.3 Å². The summed E-state index contributed by atoms with van der Waals surface area (Å²) < 4.78 is 176. The Hall–Kier alpha value is -5.96. The second kappa shape index (κ2) is 23.5. The number of carbonyl (C=O) groups excluding carboxylic acids is 1. The van der Waals surface area contributed by atoms with Crippen LogP contribution in [0.4, 0.5) is 43.9 Å². The Morgan fingerprint density at radius 3 is 1.59 bits per heavy atom. The maximum Gasteiger partial charge on any atom is 0.522 e. The lowest BCUT2D eigenvalue weighted by molar-refractivity contribution is -0.326. The zero-order valence-electron chi connectivity index (χ0n) is 37.6. The van der Waals surface area contributed by atoms with Crippen molar-refractivity contribution in [1.29, 1.82) is 0 Å². The van der Waals surface area contributed by atoms with Crippen LogP contribution in [0.15, 0.2) is 72.8 Å². The van der Waals surface area contributed by atoms with Crippen LogP contribution in [0.3, 0.4) is 0 Å². The minimum atomic E-state index is -4.76. The second-order valence-electron chi connectivity index (χ2n) is 15.7. The Bertz CT molecular complexity index is 2430. The molecular formula is C46H46F10N2O13. The highest BCUT2D eigenvalue weighted by molar-refractivity contribution is 5.95. The molecule has 0 aliphatic carbocycles. The first-order valence-corrected chi connectivity index (χ1v) is 21.4. The number of alkyl halides is 6. The summed E-state index contributed by atoms with van der Waals surface area (Å²) in [5.41, 5.74) is -0.706. The van der Waals surface area contributed by atoms with Gasteiger partial charge >= 0.3 is 18.7 Å². The predicted octanol–water partition coefficient (Wildman–Crippen LogP) is 7.84. The summed E-state index contributed by atoms with van der Waals surface area (Å²) in [5, 5.41) is 11.9. The van der Waals surface area contributed by atoms with Gasteiger partial charge in [0, 0.05) is 37.2 Å². The third-order valence-corrected chi connectivity index (χ3v) is 11.4. The number of carboxylic acid groups (broad SMARTS) is 1. The number of hydrogen-bond acceptors (Lipinski definition) is 13. The molecule has 4 saturated heterocycles. The largest absolute Gasteiger partial charge is 0.522 e. The fourth-order valence-corrected chi connectivity index (χ4v) is 8.14. The normalized spacial score (nSPS) is 21.7. The molecule has 2 N–H and O–H groups in total. The molecule has 388 valence electrons. The van der Waals surface area contributed by atoms with E-state index in [1.54, 1.807) is 0 Å². The maximum absolute atomic E-state index is 13.8. The number of nitrogens with one attached hydrogen (secondary N) is 1. The first-order valence-electron chi connectivity index (χ1n) is 21.4. The van der Waals surface area contributed by atoms with E-state index in [-0.39, 0.29) is 92.4 Å². The van der Waals surface area contributed by atoms with E-state index in [0.717, 1.165) is 18.7 Å². The first-order chi connectivity index (χ1) is 33.6. The molecule has 4 aromatic carbocycles. The Kier molecular flexibility index (Phi) is 18.0. The Balaban J connectivity index is 0.000000192. The second-order valence-corrected chi connectivity index (χ2v) is 15.7. The van der Waals surface area contributed by atoms with Crippen molar-refractivity contribution in [3.63, 3.8) is 0 Å². The number of carboxylic acids is 1. The van der Waals surface area contributed by atoms with Crippen LogP contribution in [-0.2, 0) is 39.6 Å². The summed E-state index contributed by atoms with van der Waals surface area (Å²) in [6.45, 7) is -0.282. The number of hydrogen-bond donors (Lipinski definition) is 2. The van der Waals surface area contributed by atoms with E-state index in [4.69, 9.17) is 43.0 Å². The van der Waals surface area contributed by atoms with Gasteiger partial charge < -0.3 is 53.2 Å². The number of piperidine rings is 2. The van der Waals surface area contributed by atoms with Crippen LogP contribution in [-0.4, -0.2) is 127 Å². The monoisotopic (exact) mass is 1020 g/mol. The van der Waals surface area contributed by atoms with Gasteiger partial charge in [0.25, 0.3) is 5.91 Å². The van der Waals surface area contributed by atoms with Crippen molar-refractivity contribution in [1.82, 2.24) is 10.2 Å². The Morgan fingerprint density at radius 1 is 0.648 bits per heavy atom. The molecule has 0 aromatic heterocycles. The number of amides is 1. The lowest BCUT2D eigenvalue weighted by Gasteiger charge is -2.42. The van der Waals surface area contributed by atoms with Gasteiger partial charge in [0.1, 0.15) is 73.5 Å². The first kappa shape index (κ1) is 54.4. The van der Waals surface area contributed by atoms with Gasteiger partial charge in [-0.3, -0.25) is 14.3 Å². The van der Waals surface area contributed by atoms with E-state index >= 15 is 0 Å². The maximum atomic E-state index is 13.8. The molecule has 4 atom stereocenters. The van der Waals surface area contributed by atoms with E-state index < -0.39 is 72.5 Å². The lowest BCUT2D eigenvalue weighted by atomic mass is 9.82. The molecule has 15 nitrogen and oxygen atoms in total. The summed E-state index contributed by atoms with van der Waals surface area (Å²) in [4.78, 5) is 25.4. The van der Waals surface area contributed by atoms with Crippen molar-refractivity contribution in [3.05, 3.63) is 118 Å². The third-order valence-electron chi connectivity index (χ3n) is 11.4. The molecule has 4 aliphatic rings. The van der Waals surface area contributed by atoms with Crippen LogP contribution >= 0.6 is 0 Å². The summed E-state index contributed by atoms with van der Waals surface area (Å²) in [6.07, 6.45) is -9.38. The van der Waals surface area contributed by atoms with Gasteiger partial charge in [-0.25, -0.2) is 22.4 Å². The number of ether oxygens (including phenoxy) is 10. The lowest BCUT2D eigenvalue weighted by Crippen LogP contribution is -2.53. The molecule has 4 heterocycles. The number of likely N-dealkylation sites (tertiary alicyclic amines) is 1. The molecular weight excluding hydrogens is 978 g/mol. The molecule has 4 aliphatic heterocycles. The zero-order valence-corrected chi connectivity index (χ0v) is 37.6. The number of nitrogens with zero attached hydrogens (tertiary/aromatic N) is 1. The topological polar surface area (TPSA) is 162 Å². The third kappa shape index (κ3) is 14.1. The number of aromatic carboxylic acids is 1. The molecule has 0 bridgehead atoms. The van der Waals surface area contributed by atoms with Gasteiger partial charge in [-0.2, -0.15) is 0 Å². The quantitative estimate of drug-likeness (QED) is 0.0929. The number of halogens is 10. The van der Waals surface area contributed by atoms with Crippen LogP contribution in [0.25, 0.3) is 0 Å². The number of fused-ring (bicyclic) bond motifs is 2. The minimum Gasteiger partial charge on any atom is -0.493 e. The molecule has 4 fully saturated rings. The standard InChI is InChI=1S/C23H22F5NO6.C12H13F2NO2.C11H11F3O5/c1-31-19-8-14(2-3-18(19)32-6-7-34-23(26,27)28)21(30)29-5-4-22(20(12-29)33-13-35-22)15-9-16(24)11-17(25)10-15;13-9-3-8(4-10(14)5-9)12-1-2-15-6-11(12)16-7-17-12;1-17-9-6-7(10(15)16)2-3-8(9)18-4-5-19-11(12,13)14/h2-3,8-11,20H,4-7,12-13H2,1H3;3-5,11,15H,1-2,6-7H2;2-3,6H,4-5H2,1H3,(H,15,16)/t20-,22-;11-,12-;/m11./s1. The van der Waals surface area contributed by atoms with Crippen molar-refractivity contribution in [2.45, 2.75) is 49.0 Å². The molecule has 8 rings (SSSR count). The average Bonchev–Trinajstić information content (AvgIpc) is 3.97. The highest BCUT2D eigenvalue weighted by Gasteiger charge is 2.52. The number of carbonyl (C=O) groups is 2. The van der Waals surface area contributed by atoms with Gasteiger partial charge in [0.2, 0.25) is 0 Å². The van der Waals surface area contributed by atoms with Gasteiger partial charge in [0.05, 0.1) is 39.5 Å². The van der Waals surface area contributed by atoms with E-state index in [1.165, 1.54) is 79.8 Å². The van der Waals surface area contributed by atoms with Gasteiger partial charge in [-0.05, 0) is 84.8 Å². The summed E-state index contributed by atoms with van der Waals surface area (Å²) >= 11 is 0. The van der Waals surface area contributed by atoms with Crippen molar-refractivity contribution < 1.29 is 106 Å². The van der Waals surface area contributed by atoms with E-state index in [2.05, 4.69) is 14.8 Å². The summed E-state index contributed by atoms with van der Waals surface area (Å²) in [6, 6.07) is 14.8. The fraction of sp³-hybridized carbons (Fsp3) is 0.435. The number of methoxy groups -OCH3 is 2. The predicted molar refractivity (Wildman–Crippen MR) is 224 cm³/mol. The Morgan fingerprint density at radius 2 is 1.11 bits per heavy atom. The fourth-order valence-electron chi connectivity index (χ4n) is 8.14. The van der Waals surface area contributed by atoms with Crippen LogP contribution in [0.1, 0.15) is 44.7 Å². The van der Waals surface area contributed by atoms with Crippen molar-refractivity contribution in [2.24, 2.45) is 0 Å². The van der Waals surface area contributed by atoms with E-state index in [1.807, 2.05) is 0 Å². The molecule has 71 heavy (non-hydrogen) atoms. The van der Waals surface area contributed by atoms with Crippen molar-refractivity contribution in [2.75, 3.05) is 80.4 Å². The molecule has 4 aromatic rings. The van der Waals surface area contributed by atoms with Crippen LogP contribution in [0, 0.1) is 23.3 Å². The van der Waals surface area contributed by atoms with Gasteiger partial charge in [-0.1, -0.05) is 0 Å². The smallest absolute Gasteiger partial charge is 0.493 e. The minimum absolute atomic E-state index is 0.0178. The highest BCUT2D eigenvalue weighted by Crippen LogP contribution is 2.44. The summed E-state index contributed by atoms with van der Waals surface area (Å²) in [7, 11) is 2.62. The molecule has 0 radical (unpaired) electrons. The van der Waals surface area contributed by atoms with Crippen molar-refractivity contribution >= 4 is 11.9 Å². The molecule has 0 saturated carbocycles. The molecule has 0 spiro atoms.